The van der Waals surface area contributed by atoms with Gasteiger partial charge < -0.3 is 5.32 Å². The highest BCUT2D eigenvalue weighted by Gasteiger charge is 2.16. The van der Waals surface area contributed by atoms with Crippen molar-refractivity contribution >= 4 is 22.9 Å². The van der Waals surface area contributed by atoms with E-state index in [1.807, 2.05) is 96.8 Å². The number of hydrogen-bond acceptors (Lipinski definition) is 4. The van der Waals surface area contributed by atoms with E-state index >= 15 is 0 Å². The molecule has 5 aromatic rings. The lowest BCUT2D eigenvalue weighted by atomic mass is 10.0. The van der Waals surface area contributed by atoms with Gasteiger partial charge in [-0.15, -0.1) is 0 Å². The average molecular weight is 462 g/mol. The van der Waals surface area contributed by atoms with Crippen molar-refractivity contribution in [3.8, 4) is 33.8 Å². The number of rotatable bonds is 6. The third-order valence-electron chi connectivity index (χ3n) is 5.40. The molecule has 3 aromatic heterocycles. The Morgan fingerprint density at radius 3 is 2.38 bits per heavy atom. The molecule has 0 aliphatic heterocycles. The minimum Gasteiger partial charge on any atom is -0.348 e. The van der Waals surface area contributed by atoms with Gasteiger partial charge in [0.15, 0.2) is 0 Å². The molecule has 0 saturated heterocycles. The van der Waals surface area contributed by atoms with Gasteiger partial charge in [-0.1, -0.05) is 66.8 Å². The molecule has 0 spiro atoms. The second-order valence-corrected chi connectivity index (χ2v) is 8.46. The van der Waals surface area contributed by atoms with E-state index in [4.69, 9.17) is 22.3 Å². The monoisotopic (exact) mass is 461 g/mol. The predicted octanol–water partition coefficient (Wildman–Crippen LogP) is 6.42. The summed E-state index contributed by atoms with van der Waals surface area (Å²) in [6.07, 6.45) is 3.87. The van der Waals surface area contributed by atoms with E-state index < -0.39 is 0 Å². The fourth-order valence-electron chi connectivity index (χ4n) is 3.81. The number of nitrogens with one attached hydrogen (secondary N) is 1. The van der Waals surface area contributed by atoms with Crippen molar-refractivity contribution in [3.05, 3.63) is 109 Å². The molecule has 2 aromatic carbocycles. The van der Waals surface area contributed by atoms with Gasteiger partial charge in [0, 0.05) is 34.9 Å². The molecule has 0 aliphatic rings. The van der Waals surface area contributed by atoms with Crippen LogP contribution in [0.15, 0.2) is 103 Å². The van der Waals surface area contributed by atoms with E-state index in [0.29, 0.717) is 11.5 Å². The first-order valence-corrected chi connectivity index (χ1v) is 11.4. The normalized spacial score (nSPS) is 10.7. The first-order chi connectivity index (χ1) is 16.7. The first kappa shape index (κ1) is 21.7. The maximum absolute atomic E-state index is 5.61. The zero-order valence-corrected chi connectivity index (χ0v) is 19.5. The molecule has 0 radical (unpaired) electrons. The SMILES string of the molecule is Cc1cccc(-c2nn(CC(=S)Nc3ccccc3)cc2-c2ccnc(-c3ccccc3)c2)n1. The van der Waals surface area contributed by atoms with Crippen molar-refractivity contribution in [2.24, 2.45) is 0 Å². The van der Waals surface area contributed by atoms with E-state index in [9.17, 15) is 0 Å². The van der Waals surface area contributed by atoms with E-state index in [1.54, 1.807) is 0 Å². The minimum atomic E-state index is 0.458. The molecule has 6 heteroatoms. The van der Waals surface area contributed by atoms with Gasteiger partial charge in [-0.05, 0) is 48.9 Å². The number of thiocarbonyl (C=S) groups is 1. The number of nitrogens with zero attached hydrogens (tertiary/aromatic N) is 4. The predicted molar refractivity (Wildman–Crippen MR) is 142 cm³/mol. The van der Waals surface area contributed by atoms with Crippen LogP contribution in [-0.4, -0.2) is 24.7 Å². The Morgan fingerprint density at radius 2 is 1.62 bits per heavy atom. The molecule has 0 saturated carbocycles. The van der Waals surface area contributed by atoms with Crippen LogP contribution >= 0.6 is 12.2 Å². The van der Waals surface area contributed by atoms with Crippen molar-refractivity contribution in [2.45, 2.75) is 13.5 Å². The molecular formula is C28H23N5S. The maximum atomic E-state index is 5.61. The van der Waals surface area contributed by atoms with Gasteiger partial charge in [0.2, 0.25) is 0 Å². The summed E-state index contributed by atoms with van der Waals surface area (Å²) in [5.41, 5.74) is 7.54. The Hall–Kier alpha value is -4.16. The number of para-hydroxylation sites is 1. The van der Waals surface area contributed by atoms with Crippen LogP contribution in [0.3, 0.4) is 0 Å². The zero-order chi connectivity index (χ0) is 23.3. The summed E-state index contributed by atoms with van der Waals surface area (Å²) < 4.78 is 1.87. The molecule has 0 atom stereocenters. The highest BCUT2D eigenvalue weighted by molar-refractivity contribution is 7.80. The highest BCUT2D eigenvalue weighted by Crippen LogP contribution is 2.32. The van der Waals surface area contributed by atoms with E-state index in [2.05, 4.69) is 28.5 Å². The van der Waals surface area contributed by atoms with Gasteiger partial charge in [-0.3, -0.25) is 14.6 Å². The lowest BCUT2D eigenvalue weighted by molar-refractivity contribution is 0.730. The Balaban J connectivity index is 1.52. The minimum absolute atomic E-state index is 0.458. The van der Waals surface area contributed by atoms with Crippen molar-refractivity contribution in [3.63, 3.8) is 0 Å². The standard InChI is InChI=1S/C28H23N5S/c1-20-9-8-14-25(30-20)28-24(22-15-16-29-26(17-22)21-10-4-2-5-11-21)18-33(32-28)19-27(34)31-23-12-6-3-7-13-23/h2-18H,19H2,1H3,(H,31,34). The third-order valence-corrected chi connectivity index (χ3v) is 5.63. The van der Waals surface area contributed by atoms with Gasteiger partial charge in [0.1, 0.15) is 10.7 Å². The summed E-state index contributed by atoms with van der Waals surface area (Å²) in [6, 6.07) is 30.2. The molecule has 34 heavy (non-hydrogen) atoms. The summed E-state index contributed by atoms with van der Waals surface area (Å²) >= 11 is 5.61. The second kappa shape index (κ2) is 9.77. The third kappa shape index (κ3) is 4.92. The van der Waals surface area contributed by atoms with Gasteiger partial charge in [-0.2, -0.15) is 5.10 Å². The van der Waals surface area contributed by atoms with Gasteiger partial charge in [0.05, 0.1) is 17.9 Å². The average Bonchev–Trinajstić information content (AvgIpc) is 3.29. The topological polar surface area (TPSA) is 55.6 Å². The largest absolute Gasteiger partial charge is 0.348 e. The number of anilines is 1. The quantitative estimate of drug-likeness (QED) is 0.296. The van der Waals surface area contributed by atoms with Gasteiger partial charge in [-0.25, -0.2) is 0 Å². The number of benzene rings is 2. The molecule has 0 amide bonds. The summed E-state index contributed by atoms with van der Waals surface area (Å²) in [4.78, 5) is 9.99. The summed E-state index contributed by atoms with van der Waals surface area (Å²) in [7, 11) is 0. The fourth-order valence-corrected chi connectivity index (χ4v) is 4.06. The Kier molecular flexibility index (Phi) is 6.23. The van der Waals surface area contributed by atoms with Crippen LogP contribution in [-0.2, 0) is 6.54 Å². The van der Waals surface area contributed by atoms with E-state index in [0.717, 1.165) is 45.2 Å². The molecule has 0 bridgehead atoms. The fraction of sp³-hybridized carbons (Fsp3) is 0.0714. The second-order valence-electron chi connectivity index (χ2n) is 7.96. The van der Waals surface area contributed by atoms with Crippen LogP contribution in [0.2, 0.25) is 0 Å². The molecule has 5 rings (SSSR count). The number of aromatic nitrogens is 4. The molecule has 0 unspecified atom stereocenters. The zero-order valence-electron chi connectivity index (χ0n) is 18.7. The first-order valence-electron chi connectivity index (χ1n) is 11.0. The van der Waals surface area contributed by atoms with Crippen molar-refractivity contribution in [1.82, 2.24) is 19.7 Å². The van der Waals surface area contributed by atoms with Crippen molar-refractivity contribution in [1.29, 1.82) is 0 Å². The summed E-state index contributed by atoms with van der Waals surface area (Å²) in [5.74, 6) is 0. The van der Waals surface area contributed by atoms with Crippen LogP contribution in [0.5, 0.6) is 0 Å². The number of aryl methyl sites for hydroxylation is 1. The van der Waals surface area contributed by atoms with E-state index in [1.165, 1.54) is 0 Å². The molecular weight excluding hydrogens is 438 g/mol. The Labute approximate surface area is 204 Å². The lowest BCUT2D eigenvalue weighted by Crippen LogP contribution is -2.17. The molecule has 1 N–H and O–H groups in total. The van der Waals surface area contributed by atoms with Crippen LogP contribution in [0, 0.1) is 6.92 Å². The van der Waals surface area contributed by atoms with Crippen LogP contribution in [0.1, 0.15) is 5.69 Å². The molecule has 0 fully saturated rings. The summed E-state index contributed by atoms with van der Waals surface area (Å²) in [6.45, 7) is 2.44. The summed E-state index contributed by atoms with van der Waals surface area (Å²) in [5, 5.41) is 8.17. The van der Waals surface area contributed by atoms with Crippen molar-refractivity contribution < 1.29 is 0 Å². The van der Waals surface area contributed by atoms with Crippen molar-refractivity contribution in [2.75, 3.05) is 5.32 Å². The molecule has 166 valence electrons. The maximum Gasteiger partial charge on any atom is 0.119 e. The van der Waals surface area contributed by atoms with Crippen LogP contribution in [0.25, 0.3) is 33.8 Å². The molecule has 5 nitrogen and oxygen atoms in total. The lowest BCUT2D eigenvalue weighted by Gasteiger charge is -2.07. The van der Waals surface area contributed by atoms with Crippen LogP contribution in [0.4, 0.5) is 5.69 Å². The van der Waals surface area contributed by atoms with Gasteiger partial charge >= 0.3 is 0 Å². The van der Waals surface area contributed by atoms with Crippen LogP contribution < -0.4 is 5.32 Å². The molecule has 3 heterocycles. The number of hydrogen-bond donors (Lipinski definition) is 1. The number of pyridine rings is 2. The van der Waals surface area contributed by atoms with Gasteiger partial charge in [0.25, 0.3) is 0 Å². The highest BCUT2D eigenvalue weighted by atomic mass is 32.1. The Morgan fingerprint density at radius 1 is 0.853 bits per heavy atom. The smallest absolute Gasteiger partial charge is 0.119 e. The Bertz CT molecular complexity index is 1430. The van der Waals surface area contributed by atoms with E-state index in [-0.39, 0.29) is 0 Å². The molecule has 0 aliphatic carbocycles.